The van der Waals surface area contributed by atoms with Gasteiger partial charge in [0.25, 0.3) is 0 Å². The topological polar surface area (TPSA) is 108 Å². The first-order valence-electron chi connectivity index (χ1n) is 9.31. The summed E-state index contributed by atoms with van der Waals surface area (Å²) < 4.78 is 21.7. The lowest BCUT2D eigenvalue weighted by Crippen LogP contribution is -2.41. The van der Waals surface area contributed by atoms with E-state index in [4.69, 9.17) is 18.9 Å². The van der Waals surface area contributed by atoms with Gasteiger partial charge in [-0.1, -0.05) is 0 Å². The Kier molecular flexibility index (Phi) is 5.88. The van der Waals surface area contributed by atoms with Gasteiger partial charge in [0.15, 0.2) is 0 Å². The Balaban J connectivity index is 1.67. The molecule has 0 radical (unpaired) electrons. The highest BCUT2D eigenvalue weighted by Gasteiger charge is 2.35. The van der Waals surface area contributed by atoms with Crippen molar-refractivity contribution in [3.8, 4) is 11.5 Å². The molecular weight excluding hydrogens is 368 g/mol. The van der Waals surface area contributed by atoms with Gasteiger partial charge in [-0.05, 0) is 31.4 Å². The largest absolute Gasteiger partial charge is 0.507 e. The summed E-state index contributed by atoms with van der Waals surface area (Å²) in [6.07, 6.45) is 1.16. The fraction of sp³-hybridized carbons (Fsp3) is 0.550. The van der Waals surface area contributed by atoms with E-state index < -0.39 is 18.0 Å². The number of cyclic esters (lactones) is 1. The molecule has 2 aliphatic rings. The second-order valence-electron chi connectivity index (χ2n) is 7.23. The maximum absolute atomic E-state index is 12.3. The molecule has 152 valence electrons. The number of ether oxygens (including phenoxy) is 4. The lowest BCUT2D eigenvalue weighted by atomic mass is 9.92. The average Bonchev–Trinajstić information content (AvgIpc) is 2.55. The molecule has 8 nitrogen and oxygen atoms in total. The molecule has 0 aromatic heterocycles. The molecule has 3 rings (SSSR count). The molecule has 0 aliphatic carbocycles. The predicted molar refractivity (Wildman–Crippen MR) is 96.1 cm³/mol. The van der Waals surface area contributed by atoms with E-state index in [9.17, 15) is 19.5 Å². The van der Waals surface area contributed by atoms with Gasteiger partial charge in [0, 0.05) is 32.8 Å². The molecule has 1 unspecified atom stereocenters. The lowest BCUT2D eigenvalue weighted by Gasteiger charge is -2.36. The summed E-state index contributed by atoms with van der Waals surface area (Å²) in [5.41, 5.74) is 0.666. The van der Waals surface area contributed by atoms with Crippen molar-refractivity contribution in [1.82, 2.24) is 0 Å². The molecule has 1 aromatic rings. The molecule has 0 bridgehead atoms. The van der Waals surface area contributed by atoms with Crippen molar-refractivity contribution in [2.75, 3.05) is 0 Å². The Morgan fingerprint density at radius 2 is 1.93 bits per heavy atom. The summed E-state index contributed by atoms with van der Waals surface area (Å²) in [7, 11) is 0. The summed E-state index contributed by atoms with van der Waals surface area (Å²) in [6, 6.07) is 2.80. The van der Waals surface area contributed by atoms with E-state index in [1.165, 1.54) is 19.9 Å². The first-order chi connectivity index (χ1) is 13.2. The minimum Gasteiger partial charge on any atom is -0.507 e. The molecule has 2 aliphatic heterocycles. The molecule has 8 heteroatoms. The smallest absolute Gasteiger partial charge is 0.342 e. The quantitative estimate of drug-likeness (QED) is 0.614. The van der Waals surface area contributed by atoms with Crippen LogP contribution >= 0.6 is 0 Å². The maximum Gasteiger partial charge on any atom is 0.342 e. The zero-order valence-corrected chi connectivity index (χ0v) is 16.1. The van der Waals surface area contributed by atoms with Gasteiger partial charge in [-0.2, -0.15) is 0 Å². The zero-order valence-electron chi connectivity index (χ0n) is 16.1. The van der Waals surface area contributed by atoms with E-state index in [1.54, 1.807) is 6.07 Å². The van der Waals surface area contributed by atoms with Crippen LogP contribution in [0.1, 0.15) is 56.0 Å². The Hall–Kier alpha value is -2.61. The zero-order chi connectivity index (χ0) is 20.4. The fourth-order valence-electron chi connectivity index (χ4n) is 3.79. The summed E-state index contributed by atoms with van der Waals surface area (Å²) >= 11 is 0. The molecule has 1 aromatic carbocycles. The standard InChI is InChI=1S/C20H24O8/c1-10-18(27-12(3)22)5-4-14(25-10)8-15-6-13-7-16(26-11(2)21)9-17(23)19(13)20(24)28-15/h7,9-10,14-15,18,23H,4-6,8H2,1-3H3/t10-,14+,15+,18?/m0/s1. The lowest BCUT2D eigenvalue weighted by molar-refractivity contribution is -0.169. The number of esters is 3. The highest BCUT2D eigenvalue weighted by Crippen LogP contribution is 2.35. The van der Waals surface area contributed by atoms with Gasteiger partial charge in [-0.15, -0.1) is 0 Å². The second-order valence-corrected chi connectivity index (χ2v) is 7.23. The van der Waals surface area contributed by atoms with Crippen LogP contribution < -0.4 is 4.74 Å². The van der Waals surface area contributed by atoms with Crippen LogP contribution in [0.4, 0.5) is 0 Å². The van der Waals surface area contributed by atoms with Crippen molar-refractivity contribution in [2.24, 2.45) is 0 Å². The van der Waals surface area contributed by atoms with Crippen LogP contribution in [0.25, 0.3) is 0 Å². The molecule has 0 spiro atoms. The molecule has 28 heavy (non-hydrogen) atoms. The molecule has 2 heterocycles. The number of hydrogen-bond acceptors (Lipinski definition) is 8. The number of benzene rings is 1. The van der Waals surface area contributed by atoms with Crippen LogP contribution in [0.5, 0.6) is 11.5 Å². The van der Waals surface area contributed by atoms with Gasteiger partial charge in [0.1, 0.15) is 29.3 Å². The van der Waals surface area contributed by atoms with E-state index in [-0.39, 0.29) is 41.3 Å². The highest BCUT2D eigenvalue weighted by molar-refractivity contribution is 5.95. The van der Waals surface area contributed by atoms with Gasteiger partial charge in [0.05, 0.1) is 12.2 Å². The number of carbonyl (C=O) groups is 3. The number of phenols is 1. The maximum atomic E-state index is 12.3. The number of hydrogen-bond donors (Lipinski definition) is 1. The molecular formula is C20H24O8. The van der Waals surface area contributed by atoms with Crippen molar-refractivity contribution in [2.45, 2.75) is 70.9 Å². The number of aromatic hydroxyl groups is 1. The second kappa shape index (κ2) is 8.18. The summed E-state index contributed by atoms with van der Waals surface area (Å²) in [5.74, 6) is -1.55. The van der Waals surface area contributed by atoms with Crippen molar-refractivity contribution in [3.05, 3.63) is 23.3 Å². The number of phenolic OH excluding ortho intramolecular Hbond substituents is 1. The molecule has 0 amide bonds. The van der Waals surface area contributed by atoms with E-state index in [0.717, 1.165) is 0 Å². The number of carbonyl (C=O) groups excluding carboxylic acids is 3. The molecule has 1 saturated heterocycles. The highest BCUT2D eigenvalue weighted by atomic mass is 16.6. The predicted octanol–water partition coefficient (Wildman–Crippen LogP) is 2.29. The minimum absolute atomic E-state index is 0.0972. The van der Waals surface area contributed by atoms with E-state index in [0.29, 0.717) is 31.2 Å². The van der Waals surface area contributed by atoms with Gasteiger partial charge >= 0.3 is 17.9 Å². The third-order valence-corrected chi connectivity index (χ3v) is 4.91. The summed E-state index contributed by atoms with van der Waals surface area (Å²) in [5, 5.41) is 10.1. The molecule has 1 fully saturated rings. The van der Waals surface area contributed by atoms with Crippen molar-refractivity contribution in [3.63, 3.8) is 0 Å². The van der Waals surface area contributed by atoms with Gasteiger partial charge in [-0.3, -0.25) is 9.59 Å². The van der Waals surface area contributed by atoms with E-state index in [1.807, 2.05) is 6.92 Å². The monoisotopic (exact) mass is 392 g/mol. The SMILES string of the molecule is CC(=O)Oc1cc(O)c2c(c1)C[C@H](C[C@H]1CCC(OC(C)=O)[C@H](C)O1)OC2=O. The molecule has 1 N–H and O–H groups in total. The van der Waals surface area contributed by atoms with Crippen LogP contribution in [0.15, 0.2) is 12.1 Å². The summed E-state index contributed by atoms with van der Waals surface area (Å²) in [4.78, 5) is 34.6. The van der Waals surface area contributed by atoms with Crippen LogP contribution in [0.3, 0.4) is 0 Å². The van der Waals surface area contributed by atoms with E-state index in [2.05, 4.69) is 0 Å². The van der Waals surface area contributed by atoms with Gasteiger partial charge < -0.3 is 24.1 Å². The first kappa shape index (κ1) is 20.1. The van der Waals surface area contributed by atoms with Crippen molar-refractivity contribution < 1.29 is 38.4 Å². The minimum atomic E-state index is -0.611. The Morgan fingerprint density at radius 3 is 2.57 bits per heavy atom. The van der Waals surface area contributed by atoms with Gasteiger partial charge in [0.2, 0.25) is 0 Å². The molecule has 0 saturated carbocycles. The molecule has 4 atom stereocenters. The normalized spacial score (nSPS) is 26.8. The Morgan fingerprint density at radius 1 is 1.18 bits per heavy atom. The first-order valence-corrected chi connectivity index (χ1v) is 9.31. The fourth-order valence-corrected chi connectivity index (χ4v) is 3.79. The van der Waals surface area contributed by atoms with Crippen molar-refractivity contribution >= 4 is 17.9 Å². The Bertz CT molecular complexity index is 787. The average molecular weight is 392 g/mol. The number of fused-ring (bicyclic) bond motifs is 1. The van der Waals surface area contributed by atoms with Crippen LogP contribution in [-0.4, -0.2) is 47.4 Å². The third kappa shape index (κ3) is 4.62. The Labute approximate surface area is 162 Å². The van der Waals surface area contributed by atoms with Crippen molar-refractivity contribution in [1.29, 1.82) is 0 Å². The van der Waals surface area contributed by atoms with Crippen LogP contribution in [0, 0.1) is 0 Å². The van der Waals surface area contributed by atoms with Gasteiger partial charge in [-0.25, -0.2) is 4.79 Å². The third-order valence-electron chi connectivity index (χ3n) is 4.91. The summed E-state index contributed by atoms with van der Waals surface area (Å²) in [6.45, 7) is 4.49. The van der Waals surface area contributed by atoms with E-state index >= 15 is 0 Å². The van der Waals surface area contributed by atoms with Crippen LogP contribution in [0.2, 0.25) is 0 Å². The van der Waals surface area contributed by atoms with Crippen LogP contribution in [-0.2, 0) is 30.2 Å². The number of rotatable bonds is 4.